The van der Waals surface area contributed by atoms with Crippen molar-refractivity contribution in [3.8, 4) is 0 Å². The van der Waals surface area contributed by atoms with Crippen LogP contribution in [0.25, 0.3) is 0 Å². The van der Waals surface area contributed by atoms with Crippen molar-refractivity contribution in [2.75, 3.05) is 18.6 Å². The van der Waals surface area contributed by atoms with Gasteiger partial charge in [-0.2, -0.15) is 0 Å². The SMILES string of the molecule is NNc1ccnc(CCOCC(F)F)n1. The molecule has 15 heavy (non-hydrogen) atoms. The minimum atomic E-state index is -2.44. The number of hydrogen-bond acceptors (Lipinski definition) is 5. The number of aromatic nitrogens is 2. The lowest BCUT2D eigenvalue weighted by molar-refractivity contribution is 0.0183. The summed E-state index contributed by atoms with van der Waals surface area (Å²) < 4.78 is 28.1. The molecule has 0 atom stereocenters. The zero-order valence-corrected chi connectivity index (χ0v) is 7.99. The molecular weight excluding hydrogens is 206 g/mol. The first kappa shape index (κ1) is 11.7. The molecule has 0 amide bonds. The van der Waals surface area contributed by atoms with E-state index in [1.807, 2.05) is 0 Å². The molecular formula is C8H12F2N4O. The predicted octanol–water partition coefficient (Wildman–Crippen LogP) is 0.586. The van der Waals surface area contributed by atoms with Crippen LogP contribution in [0.3, 0.4) is 0 Å². The maximum absolute atomic E-state index is 11.7. The lowest BCUT2D eigenvalue weighted by Gasteiger charge is -2.04. The average molecular weight is 218 g/mol. The molecule has 3 N–H and O–H groups in total. The number of nitrogens with zero attached hydrogens (tertiary/aromatic N) is 2. The number of nitrogen functional groups attached to an aromatic ring is 1. The summed E-state index contributed by atoms with van der Waals surface area (Å²) in [6.07, 6.45) is -0.532. The van der Waals surface area contributed by atoms with Crippen LogP contribution in [0.15, 0.2) is 12.3 Å². The number of alkyl halides is 2. The third-order valence-corrected chi connectivity index (χ3v) is 1.57. The maximum atomic E-state index is 11.7. The molecule has 0 saturated carbocycles. The zero-order valence-electron chi connectivity index (χ0n) is 7.99. The smallest absolute Gasteiger partial charge is 0.261 e. The molecule has 0 fully saturated rings. The Kier molecular flexibility index (Phi) is 4.85. The standard InChI is InChI=1S/C8H12F2N4O/c9-6(10)5-15-4-2-7-12-3-1-8(13-7)14-11/h1,3,6H,2,4-5,11H2,(H,12,13,14). The van der Waals surface area contributed by atoms with Crippen molar-refractivity contribution in [3.63, 3.8) is 0 Å². The molecule has 0 aliphatic rings. The first-order valence-corrected chi connectivity index (χ1v) is 4.37. The summed E-state index contributed by atoms with van der Waals surface area (Å²) in [4.78, 5) is 7.92. The van der Waals surface area contributed by atoms with E-state index in [2.05, 4.69) is 15.4 Å². The second-order valence-electron chi connectivity index (χ2n) is 2.72. The van der Waals surface area contributed by atoms with Crippen LogP contribution < -0.4 is 11.3 Å². The van der Waals surface area contributed by atoms with Crippen molar-refractivity contribution >= 4 is 5.82 Å². The molecule has 0 unspecified atom stereocenters. The van der Waals surface area contributed by atoms with Gasteiger partial charge in [0, 0.05) is 18.7 Å². The molecule has 84 valence electrons. The highest BCUT2D eigenvalue weighted by Crippen LogP contribution is 2.00. The van der Waals surface area contributed by atoms with Crippen molar-refractivity contribution in [3.05, 3.63) is 18.1 Å². The van der Waals surface area contributed by atoms with Crippen molar-refractivity contribution in [2.45, 2.75) is 12.8 Å². The van der Waals surface area contributed by atoms with E-state index in [9.17, 15) is 8.78 Å². The molecule has 0 spiro atoms. The Morgan fingerprint density at radius 3 is 3.00 bits per heavy atom. The zero-order chi connectivity index (χ0) is 11.1. The number of nitrogens with one attached hydrogen (secondary N) is 1. The Balaban J connectivity index is 2.30. The van der Waals surface area contributed by atoms with Gasteiger partial charge in [0.25, 0.3) is 6.43 Å². The fourth-order valence-corrected chi connectivity index (χ4v) is 0.936. The largest absolute Gasteiger partial charge is 0.375 e. The molecule has 1 aromatic rings. The van der Waals surface area contributed by atoms with Gasteiger partial charge in [-0.25, -0.2) is 24.6 Å². The van der Waals surface area contributed by atoms with Crippen LogP contribution in [0.2, 0.25) is 0 Å². The fraction of sp³-hybridized carbons (Fsp3) is 0.500. The predicted molar refractivity (Wildman–Crippen MR) is 50.4 cm³/mol. The third kappa shape index (κ3) is 4.61. The Morgan fingerprint density at radius 1 is 1.53 bits per heavy atom. The van der Waals surface area contributed by atoms with Gasteiger partial charge in [0.1, 0.15) is 18.2 Å². The highest BCUT2D eigenvalue weighted by molar-refractivity contribution is 5.30. The van der Waals surface area contributed by atoms with Crippen LogP contribution in [0.4, 0.5) is 14.6 Å². The molecule has 0 aromatic carbocycles. The van der Waals surface area contributed by atoms with Crippen LogP contribution in [-0.2, 0) is 11.2 Å². The molecule has 1 rings (SSSR count). The van der Waals surface area contributed by atoms with E-state index in [1.165, 1.54) is 6.20 Å². The van der Waals surface area contributed by atoms with Crippen molar-refractivity contribution < 1.29 is 13.5 Å². The number of halogens is 2. The van der Waals surface area contributed by atoms with E-state index in [4.69, 9.17) is 10.6 Å². The first-order chi connectivity index (χ1) is 7.22. The second-order valence-corrected chi connectivity index (χ2v) is 2.72. The highest BCUT2D eigenvalue weighted by atomic mass is 19.3. The van der Waals surface area contributed by atoms with Crippen LogP contribution >= 0.6 is 0 Å². The summed E-state index contributed by atoms with van der Waals surface area (Å²) >= 11 is 0. The summed E-state index contributed by atoms with van der Waals surface area (Å²) in [6, 6.07) is 1.60. The van der Waals surface area contributed by atoms with E-state index < -0.39 is 13.0 Å². The second kappa shape index (κ2) is 6.20. The first-order valence-electron chi connectivity index (χ1n) is 4.37. The third-order valence-electron chi connectivity index (χ3n) is 1.57. The van der Waals surface area contributed by atoms with E-state index in [1.54, 1.807) is 6.07 Å². The minimum Gasteiger partial charge on any atom is -0.375 e. The maximum Gasteiger partial charge on any atom is 0.261 e. The Hall–Kier alpha value is -1.34. The van der Waals surface area contributed by atoms with Gasteiger partial charge >= 0.3 is 0 Å². The van der Waals surface area contributed by atoms with Gasteiger partial charge in [0.15, 0.2) is 0 Å². The van der Waals surface area contributed by atoms with E-state index in [0.29, 0.717) is 18.1 Å². The normalized spacial score (nSPS) is 10.7. The molecule has 0 aliphatic carbocycles. The van der Waals surface area contributed by atoms with Gasteiger partial charge in [-0.1, -0.05) is 0 Å². The Morgan fingerprint density at radius 2 is 2.33 bits per heavy atom. The molecule has 0 radical (unpaired) electrons. The van der Waals surface area contributed by atoms with E-state index in [0.717, 1.165) is 0 Å². The van der Waals surface area contributed by atoms with Gasteiger partial charge in [-0.15, -0.1) is 0 Å². The van der Waals surface area contributed by atoms with Crippen molar-refractivity contribution in [1.82, 2.24) is 9.97 Å². The summed E-state index contributed by atoms with van der Waals surface area (Å²) in [5.41, 5.74) is 2.36. The average Bonchev–Trinajstić information content (AvgIpc) is 2.24. The van der Waals surface area contributed by atoms with Gasteiger partial charge in [-0.3, -0.25) is 0 Å². The fourth-order valence-electron chi connectivity index (χ4n) is 0.936. The molecule has 5 nitrogen and oxygen atoms in total. The van der Waals surface area contributed by atoms with Crippen LogP contribution in [0, 0.1) is 0 Å². The van der Waals surface area contributed by atoms with Crippen LogP contribution in [0.5, 0.6) is 0 Å². The van der Waals surface area contributed by atoms with Gasteiger partial charge < -0.3 is 10.2 Å². The number of ether oxygens (including phenoxy) is 1. The lowest BCUT2D eigenvalue weighted by Crippen LogP contribution is -2.12. The minimum absolute atomic E-state index is 0.165. The monoisotopic (exact) mass is 218 g/mol. The number of rotatable bonds is 6. The summed E-state index contributed by atoms with van der Waals surface area (Å²) in [6.45, 7) is -0.396. The number of hydrogen-bond donors (Lipinski definition) is 2. The summed E-state index contributed by atoms with van der Waals surface area (Å²) in [7, 11) is 0. The van der Waals surface area contributed by atoms with Gasteiger partial charge in [0.2, 0.25) is 0 Å². The number of anilines is 1. The highest BCUT2D eigenvalue weighted by Gasteiger charge is 2.03. The molecule has 0 bridgehead atoms. The summed E-state index contributed by atoms with van der Waals surface area (Å²) in [5, 5.41) is 0. The van der Waals surface area contributed by atoms with E-state index in [-0.39, 0.29) is 6.61 Å². The van der Waals surface area contributed by atoms with Crippen LogP contribution in [-0.4, -0.2) is 29.6 Å². The molecule has 0 saturated heterocycles. The van der Waals surface area contributed by atoms with Crippen molar-refractivity contribution in [2.24, 2.45) is 5.84 Å². The van der Waals surface area contributed by atoms with E-state index >= 15 is 0 Å². The molecule has 0 aliphatic heterocycles. The molecule has 1 aromatic heterocycles. The quantitative estimate of drug-likeness (QED) is 0.415. The molecule has 1 heterocycles. The van der Waals surface area contributed by atoms with Crippen molar-refractivity contribution in [1.29, 1.82) is 0 Å². The number of hydrazine groups is 1. The van der Waals surface area contributed by atoms with Crippen LogP contribution in [0.1, 0.15) is 5.82 Å². The molecule has 7 heteroatoms. The summed E-state index contributed by atoms with van der Waals surface area (Å²) in [5.74, 6) is 6.12. The Bertz CT molecular complexity index is 298. The number of nitrogens with two attached hydrogens (primary N) is 1. The van der Waals surface area contributed by atoms with Gasteiger partial charge in [0.05, 0.1) is 6.61 Å². The lowest BCUT2D eigenvalue weighted by atomic mass is 10.4. The Labute approximate surface area is 85.6 Å². The topological polar surface area (TPSA) is 73.1 Å². The van der Waals surface area contributed by atoms with Gasteiger partial charge in [-0.05, 0) is 0 Å².